The summed E-state index contributed by atoms with van der Waals surface area (Å²) in [6.45, 7) is 13.1. The molecule has 3 nitrogen and oxygen atoms in total. The number of benzene rings is 1. The molecule has 126 valence electrons. The highest BCUT2D eigenvalue weighted by atomic mass is 15.3. The van der Waals surface area contributed by atoms with Crippen molar-refractivity contribution in [2.75, 3.05) is 52.4 Å². The Hall–Kier alpha value is -1.16. The Morgan fingerprint density at radius 1 is 0.913 bits per heavy atom. The molecule has 0 spiro atoms. The van der Waals surface area contributed by atoms with E-state index in [0.717, 1.165) is 6.04 Å². The Labute approximate surface area is 141 Å². The predicted molar refractivity (Wildman–Crippen MR) is 96.0 cm³/mol. The van der Waals surface area contributed by atoms with Crippen LogP contribution in [0.1, 0.15) is 25.3 Å². The van der Waals surface area contributed by atoms with Gasteiger partial charge in [-0.2, -0.15) is 0 Å². The molecule has 1 aromatic carbocycles. The van der Waals surface area contributed by atoms with Gasteiger partial charge in [0.25, 0.3) is 0 Å². The highest BCUT2D eigenvalue weighted by molar-refractivity contribution is 5.48. The molecular formula is C20H34N3+3. The number of hydrogen-bond donors (Lipinski definition) is 3. The number of hydrogen-bond acceptors (Lipinski definition) is 0. The van der Waals surface area contributed by atoms with Gasteiger partial charge in [-0.3, -0.25) is 0 Å². The van der Waals surface area contributed by atoms with E-state index < -0.39 is 0 Å². The average molecular weight is 317 g/mol. The second-order valence-electron chi connectivity index (χ2n) is 7.30. The summed E-state index contributed by atoms with van der Waals surface area (Å²) in [4.78, 5) is 5.48. The van der Waals surface area contributed by atoms with Crippen LogP contribution in [0.3, 0.4) is 0 Å². The van der Waals surface area contributed by atoms with Crippen LogP contribution in [0.5, 0.6) is 0 Å². The molecule has 0 amide bonds. The van der Waals surface area contributed by atoms with E-state index in [1.165, 1.54) is 70.8 Å². The summed E-state index contributed by atoms with van der Waals surface area (Å²) < 4.78 is 0. The van der Waals surface area contributed by atoms with E-state index in [-0.39, 0.29) is 0 Å². The molecule has 2 aliphatic rings. The first-order valence-corrected chi connectivity index (χ1v) is 9.58. The first kappa shape index (κ1) is 16.7. The zero-order chi connectivity index (χ0) is 15.9. The van der Waals surface area contributed by atoms with Crippen LogP contribution in [0.2, 0.25) is 0 Å². The van der Waals surface area contributed by atoms with E-state index in [1.54, 1.807) is 4.90 Å². The molecule has 1 aromatic rings. The first-order valence-electron chi connectivity index (χ1n) is 9.58. The number of rotatable bonds is 5. The lowest BCUT2D eigenvalue weighted by atomic mass is 10.0. The van der Waals surface area contributed by atoms with Gasteiger partial charge in [-0.05, 0) is 18.6 Å². The van der Waals surface area contributed by atoms with Crippen LogP contribution >= 0.6 is 0 Å². The Morgan fingerprint density at radius 3 is 2.26 bits per heavy atom. The molecule has 3 rings (SSSR count). The summed E-state index contributed by atoms with van der Waals surface area (Å²) in [6, 6.07) is 11.6. The molecule has 2 saturated heterocycles. The van der Waals surface area contributed by atoms with Crippen LogP contribution in [0.4, 0.5) is 0 Å². The lowest BCUT2D eigenvalue weighted by molar-refractivity contribution is -1.03. The Kier molecular flexibility index (Phi) is 6.26. The third-order valence-corrected chi connectivity index (χ3v) is 5.89. The topological polar surface area (TPSA) is 13.3 Å². The lowest BCUT2D eigenvalue weighted by Gasteiger charge is -2.37. The zero-order valence-electron chi connectivity index (χ0n) is 14.7. The maximum Gasteiger partial charge on any atom is 0.127 e. The van der Waals surface area contributed by atoms with E-state index in [1.807, 2.05) is 9.80 Å². The lowest BCUT2D eigenvalue weighted by Crippen LogP contribution is -3.30. The van der Waals surface area contributed by atoms with Crippen molar-refractivity contribution >= 4 is 6.08 Å². The van der Waals surface area contributed by atoms with Gasteiger partial charge in [0.2, 0.25) is 0 Å². The predicted octanol–water partition coefficient (Wildman–Crippen LogP) is -1.45. The van der Waals surface area contributed by atoms with Crippen molar-refractivity contribution in [2.24, 2.45) is 0 Å². The van der Waals surface area contributed by atoms with Gasteiger partial charge < -0.3 is 14.7 Å². The fourth-order valence-electron chi connectivity index (χ4n) is 4.25. The fourth-order valence-corrected chi connectivity index (χ4v) is 4.25. The van der Waals surface area contributed by atoms with Crippen molar-refractivity contribution < 1.29 is 14.7 Å². The van der Waals surface area contributed by atoms with E-state index in [2.05, 4.69) is 49.4 Å². The third kappa shape index (κ3) is 4.90. The van der Waals surface area contributed by atoms with Crippen LogP contribution in [0, 0.1) is 0 Å². The average Bonchev–Trinajstić information content (AvgIpc) is 2.63. The van der Waals surface area contributed by atoms with Gasteiger partial charge in [0.15, 0.2) is 0 Å². The highest BCUT2D eigenvalue weighted by Gasteiger charge is 2.32. The van der Waals surface area contributed by atoms with Crippen LogP contribution in [-0.4, -0.2) is 58.4 Å². The van der Waals surface area contributed by atoms with Gasteiger partial charge in [0.1, 0.15) is 26.2 Å². The van der Waals surface area contributed by atoms with Gasteiger partial charge in [0, 0.05) is 12.8 Å². The molecule has 0 aliphatic carbocycles. The van der Waals surface area contributed by atoms with Crippen LogP contribution < -0.4 is 14.7 Å². The standard InChI is InChI=1S/C20H31N3/c1-2-21-13-10-20(11-14-21)23-17-15-22(16-18-23)12-6-9-19-7-4-3-5-8-19/h3-9,20H,2,10-18H2,1H3/p+3. The van der Waals surface area contributed by atoms with E-state index in [4.69, 9.17) is 0 Å². The van der Waals surface area contributed by atoms with Gasteiger partial charge in [0.05, 0.1) is 32.2 Å². The Morgan fingerprint density at radius 2 is 1.61 bits per heavy atom. The molecule has 0 unspecified atom stereocenters. The summed E-state index contributed by atoms with van der Waals surface area (Å²) in [5.74, 6) is 0. The highest BCUT2D eigenvalue weighted by Crippen LogP contribution is 1.99. The second-order valence-corrected chi connectivity index (χ2v) is 7.30. The fraction of sp³-hybridized carbons (Fsp3) is 0.600. The van der Waals surface area contributed by atoms with Gasteiger partial charge >= 0.3 is 0 Å². The monoisotopic (exact) mass is 316 g/mol. The number of piperidine rings is 1. The summed E-state index contributed by atoms with van der Waals surface area (Å²) >= 11 is 0. The molecular weight excluding hydrogens is 282 g/mol. The maximum atomic E-state index is 2.36. The minimum atomic E-state index is 0.951. The van der Waals surface area contributed by atoms with Crippen LogP contribution in [0.15, 0.2) is 36.4 Å². The molecule has 0 atom stereocenters. The summed E-state index contributed by atoms with van der Waals surface area (Å²) in [5, 5.41) is 0. The number of quaternary nitrogens is 3. The van der Waals surface area contributed by atoms with Crippen molar-refractivity contribution in [3.63, 3.8) is 0 Å². The van der Waals surface area contributed by atoms with Gasteiger partial charge in [-0.15, -0.1) is 0 Å². The molecule has 2 heterocycles. The van der Waals surface area contributed by atoms with Crippen LogP contribution in [-0.2, 0) is 0 Å². The Balaban J connectivity index is 1.38. The first-order chi connectivity index (χ1) is 11.3. The number of likely N-dealkylation sites (tertiary alicyclic amines) is 1. The number of nitrogens with one attached hydrogen (secondary N) is 3. The summed E-state index contributed by atoms with van der Waals surface area (Å²) in [5.41, 5.74) is 1.32. The van der Waals surface area contributed by atoms with E-state index in [0.29, 0.717) is 0 Å². The van der Waals surface area contributed by atoms with E-state index >= 15 is 0 Å². The minimum absolute atomic E-state index is 0.951. The molecule has 3 N–H and O–H groups in total. The molecule has 2 aliphatic heterocycles. The SMILES string of the molecule is CC[NH+]1CCC([NH+]2CC[NH+](CC=Cc3ccccc3)CC2)CC1. The number of piperazine rings is 1. The van der Waals surface area contributed by atoms with Gasteiger partial charge in [-0.1, -0.05) is 36.4 Å². The minimum Gasteiger partial charge on any atom is -0.335 e. The summed E-state index contributed by atoms with van der Waals surface area (Å²) in [7, 11) is 0. The molecule has 3 heteroatoms. The quantitative estimate of drug-likeness (QED) is 0.588. The Bertz CT molecular complexity index is 469. The smallest absolute Gasteiger partial charge is 0.127 e. The molecule has 0 aromatic heterocycles. The summed E-state index contributed by atoms with van der Waals surface area (Å²) in [6.07, 6.45) is 7.53. The normalized spacial score (nSPS) is 32.2. The second kappa shape index (κ2) is 8.62. The van der Waals surface area contributed by atoms with E-state index in [9.17, 15) is 0 Å². The van der Waals surface area contributed by atoms with Crippen LogP contribution in [0.25, 0.3) is 6.08 Å². The van der Waals surface area contributed by atoms with Crippen molar-refractivity contribution in [3.8, 4) is 0 Å². The third-order valence-electron chi connectivity index (χ3n) is 5.89. The largest absolute Gasteiger partial charge is 0.335 e. The van der Waals surface area contributed by atoms with Gasteiger partial charge in [-0.25, -0.2) is 0 Å². The molecule has 0 bridgehead atoms. The van der Waals surface area contributed by atoms with Crippen molar-refractivity contribution in [2.45, 2.75) is 25.8 Å². The van der Waals surface area contributed by atoms with Crippen molar-refractivity contribution in [1.29, 1.82) is 0 Å². The molecule has 0 saturated carbocycles. The van der Waals surface area contributed by atoms with Crippen molar-refractivity contribution in [3.05, 3.63) is 42.0 Å². The molecule has 2 fully saturated rings. The molecule has 23 heavy (non-hydrogen) atoms. The maximum absolute atomic E-state index is 2.36. The molecule has 0 radical (unpaired) electrons. The van der Waals surface area contributed by atoms with Crippen molar-refractivity contribution in [1.82, 2.24) is 0 Å². The zero-order valence-corrected chi connectivity index (χ0v) is 14.7.